The number of aliphatic carboxylic acids is 1. The summed E-state index contributed by atoms with van der Waals surface area (Å²) in [4.78, 5) is 24.6. The number of urea groups is 1. The predicted molar refractivity (Wildman–Crippen MR) is 79.3 cm³/mol. The summed E-state index contributed by atoms with van der Waals surface area (Å²) in [6, 6.07) is -0.232. The second-order valence-corrected chi connectivity index (χ2v) is 5.23. The molecule has 7 nitrogen and oxygen atoms in total. The van der Waals surface area contributed by atoms with E-state index in [1.807, 2.05) is 0 Å². The first kappa shape index (κ1) is 17.7. The minimum absolute atomic E-state index is 0.205. The van der Waals surface area contributed by atoms with Crippen LogP contribution in [0.5, 0.6) is 0 Å². The van der Waals surface area contributed by atoms with Crippen LogP contribution in [0.2, 0.25) is 0 Å². The average Bonchev–Trinajstić information content (AvgIpc) is 2.93. The number of amides is 2. The van der Waals surface area contributed by atoms with E-state index in [-0.39, 0.29) is 12.1 Å². The van der Waals surface area contributed by atoms with Crippen LogP contribution in [0.25, 0.3) is 0 Å². The minimum atomic E-state index is -0.933. The van der Waals surface area contributed by atoms with Crippen LogP contribution in [0.15, 0.2) is 0 Å². The molecule has 1 fully saturated rings. The van der Waals surface area contributed by atoms with Crippen molar-refractivity contribution in [3.63, 3.8) is 0 Å². The Labute approximate surface area is 126 Å². The zero-order valence-electron chi connectivity index (χ0n) is 12.9. The third kappa shape index (κ3) is 6.77. The van der Waals surface area contributed by atoms with Crippen molar-refractivity contribution >= 4 is 12.0 Å². The molecule has 2 atom stereocenters. The number of hydrogen-bond acceptors (Lipinski definition) is 4. The van der Waals surface area contributed by atoms with Gasteiger partial charge in [-0.3, -0.25) is 0 Å². The number of likely N-dealkylation sites (N-methyl/N-ethyl adjacent to an activating group) is 1. The van der Waals surface area contributed by atoms with E-state index >= 15 is 0 Å². The summed E-state index contributed by atoms with van der Waals surface area (Å²) in [7, 11) is 0. The Hall–Kier alpha value is -1.34. The lowest BCUT2D eigenvalue weighted by Crippen LogP contribution is -2.43. The van der Waals surface area contributed by atoms with Gasteiger partial charge in [0, 0.05) is 19.6 Å². The highest BCUT2D eigenvalue weighted by Gasteiger charge is 2.30. The first-order chi connectivity index (χ1) is 10.1. The monoisotopic (exact) mass is 301 g/mol. The number of ether oxygens (including phenoxy) is 1. The van der Waals surface area contributed by atoms with Gasteiger partial charge in [0.1, 0.15) is 0 Å². The lowest BCUT2D eigenvalue weighted by atomic mass is 10.2. The first-order valence-electron chi connectivity index (χ1n) is 7.69. The second-order valence-electron chi connectivity index (χ2n) is 5.23. The Morgan fingerprint density at radius 3 is 2.57 bits per heavy atom. The zero-order chi connectivity index (χ0) is 15.7. The molecule has 0 aromatic carbocycles. The molecular weight excluding hydrogens is 274 g/mol. The van der Waals surface area contributed by atoms with Gasteiger partial charge in [0.25, 0.3) is 0 Å². The van der Waals surface area contributed by atoms with Crippen LogP contribution in [0, 0.1) is 0 Å². The molecule has 7 heteroatoms. The molecule has 0 aromatic heterocycles. The first-order valence-corrected chi connectivity index (χ1v) is 7.69. The zero-order valence-corrected chi connectivity index (χ0v) is 12.9. The normalized spacial score (nSPS) is 21.5. The van der Waals surface area contributed by atoms with Gasteiger partial charge in [-0.15, -0.1) is 0 Å². The molecule has 1 rings (SSSR count). The van der Waals surface area contributed by atoms with E-state index in [1.54, 1.807) is 0 Å². The maximum atomic E-state index is 11.6. The highest BCUT2D eigenvalue weighted by molar-refractivity contribution is 5.74. The molecule has 21 heavy (non-hydrogen) atoms. The number of carboxylic acid groups (broad SMARTS) is 1. The van der Waals surface area contributed by atoms with Gasteiger partial charge in [-0.2, -0.15) is 0 Å². The van der Waals surface area contributed by atoms with E-state index in [4.69, 9.17) is 9.84 Å². The molecule has 1 saturated heterocycles. The van der Waals surface area contributed by atoms with E-state index < -0.39 is 12.1 Å². The van der Waals surface area contributed by atoms with Gasteiger partial charge in [-0.1, -0.05) is 13.8 Å². The summed E-state index contributed by atoms with van der Waals surface area (Å²) in [6.45, 7) is 8.03. The summed E-state index contributed by atoms with van der Waals surface area (Å²) >= 11 is 0. The third-order valence-corrected chi connectivity index (χ3v) is 3.57. The average molecular weight is 301 g/mol. The predicted octanol–water partition coefficient (Wildman–Crippen LogP) is 0.650. The van der Waals surface area contributed by atoms with Crippen molar-refractivity contribution in [1.29, 1.82) is 0 Å². The van der Waals surface area contributed by atoms with Gasteiger partial charge in [0.2, 0.25) is 0 Å². The molecule has 2 amide bonds. The van der Waals surface area contributed by atoms with E-state index in [1.165, 1.54) is 0 Å². The molecule has 1 aliphatic heterocycles. The third-order valence-electron chi connectivity index (χ3n) is 3.57. The Morgan fingerprint density at radius 2 is 2.00 bits per heavy atom. The van der Waals surface area contributed by atoms with Crippen molar-refractivity contribution in [3.05, 3.63) is 0 Å². The molecule has 2 unspecified atom stereocenters. The largest absolute Gasteiger partial charge is 0.479 e. The fourth-order valence-electron chi connectivity index (χ4n) is 2.38. The summed E-state index contributed by atoms with van der Waals surface area (Å²) in [6.07, 6.45) is 1.34. The highest BCUT2D eigenvalue weighted by Crippen LogP contribution is 2.18. The quantitative estimate of drug-likeness (QED) is 0.582. The van der Waals surface area contributed by atoms with Gasteiger partial charge >= 0.3 is 12.0 Å². The van der Waals surface area contributed by atoms with Crippen LogP contribution in [0.4, 0.5) is 4.79 Å². The van der Waals surface area contributed by atoms with Crippen LogP contribution >= 0.6 is 0 Å². The molecule has 0 bridgehead atoms. The van der Waals surface area contributed by atoms with Crippen LogP contribution in [0.3, 0.4) is 0 Å². The SMILES string of the molecule is CCCN(CC)CCNC(=O)NCC1CCC(C(=O)O)O1. The van der Waals surface area contributed by atoms with Gasteiger partial charge in [0.05, 0.1) is 6.10 Å². The van der Waals surface area contributed by atoms with Crippen molar-refractivity contribution in [2.24, 2.45) is 0 Å². The van der Waals surface area contributed by atoms with Crippen molar-refractivity contribution < 1.29 is 19.4 Å². The lowest BCUT2D eigenvalue weighted by molar-refractivity contribution is -0.149. The number of carbonyl (C=O) groups excluding carboxylic acids is 1. The maximum Gasteiger partial charge on any atom is 0.332 e. The van der Waals surface area contributed by atoms with Gasteiger partial charge in [-0.05, 0) is 32.4 Å². The fourth-order valence-corrected chi connectivity index (χ4v) is 2.38. The van der Waals surface area contributed by atoms with Crippen LogP contribution in [-0.4, -0.2) is 66.9 Å². The smallest absolute Gasteiger partial charge is 0.332 e. The Kier molecular flexibility index (Phi) is 8.07. The van der Waals surface area contributed by atoms with Crippen molar-refractivity contribution in [3.8, 4) is 0 Å². The second kappa shape index (κ2) is 9.57. The van der Waals surface area contributed by atoms with Gasteiger partial charge in [0.15, 0.2) is 6.10 Å². The standard InChI is InChI=1S/C14H27N3O4/c1-3-8-17(4-2)9-7-15-14(20)16-10-11-5-6-12(21-11)13(18)19/h11-12H,3-10H2,1-2H3,(H,18,19)(H2,15,16,20). The molecule has 1 aliphatic rings. The molecule has 3 N–H and O–H groups in total. The molecule has 1 heterocycles. The minimum Gasteiger partial charge on any atom is -0.479 e. The molecule has 0 aromatic rings. The van der Waals surface area contributed by atoms with E-state index in [9.17, 15) is 9.59 Å². The van der Waals surface area contributed by atoms with Crippen molar-refractivity contribution in [1.82, 2.24) is 15.5 Å². The lowest BCUT2D eigenvalue weighted by Gasteiger charge is -2.19. The fraction of sp³-hybridized carbons (Fsp3) is 0.857. The number of hydrogen-bond donors (Lipinski definition) is 3. The Morgan fingerprint density at radius 1 is 1.24 bits per heavy atom. The van der Waals surface area contributed by atoms with Crippen LogP contribution in [0.1, 0.15) is 33.1 Å². The molecule has 0 radical (unpaired) electrons. The Bertz CT molecular complexity index is 338. The number of carboxylic acids is 1. The molecule has 0 aliphatic carbocycles. The van der Waals surface area contributed by atoms with Crippen molar-refractivity contribution in [2.45, 2.75) is 45.3 Å². The van der Waals surface area contributed by atoms with E-state index in [2.05, 4.69) is 29.4 Å². The summed E-state index contributed by atoms with van der Waals surface area (Å²) in [5.74, 6) is -0.933. The van der Waals surface area contributed by atoms with Gasteiger partial charge in [-0.25, -0.2) is 9.59 Å². The number of nitrogens with one attached hydrogen (secondary N) is 2. The van der Waals surface area contributed by atoms with Gasteiger partial charge < -0.3 is 25.4 Å². The Balaban J connectivity index is 2.10. The summed E-state index contributed by atoms with van der Waals surface area (Å²) in [5, 5.41) is 14.3. The van der Waals surface area contributed by atoms with E-state index in [0.717, 1.165) is 26.1 Å². The molecule has 0 saturated carbocycles. The van der Waals surface area contributed by atoms with Crippen molar-refractivity contribution in [2.75, 3.05) is 32.7 Å². The highest BCUT2D eigenvalue weighted by atomic mass is 16.5. The molecule has 122 valence electrons. The summed E-state index contributed by atoms with van der Waals surface area (Å²) in [5.41, 5.74) is 0. The number of rotatable bonds is 9. The van der Waals surface area contributed by atoms with E-state index in [0.29, 0.717) is 25.9 Å². The molecular formula is C14H27N3O4. The number of nitrogens with zero attached hydrogens (tertiary/aromatic N) is 1. The summed E-state index contributed by atoms with van der Waals surface area (Å²) < 4.78 is 5.32. The topological polar surface area (TPSA) is 90.9 Å². The molecule has 0 spiro atoms. The van der Waals surface area contributed by atoms with Crippen LogP contribution < -0.4 is 10.6 Å². The van der Waals surface area contributed by atoms with Crippen LogP contribution in [-0.2, 0) is 9.53 Å². The number of carbonyl (C=O) groups is 2. The maximum absolute atomic E-state index is 11.6.